The monoisotopic (exact) mass is 237 g/mol. The van der Waals surface area contributed by atoms with Gasteiger partial charge < -0.3 is 15.2 Å². The standard InChI is InChI=1S/C13H19NO3/c1-10(11-6-4-3-5-7-11)13(16)14-8-12(15)9-17-2/h3-7,10,12,15H,8-9H2,1-2H3,(H,14,16). The molecule has 1 aromatic rings. The highest BCUT2D eigenvalue weighted by molar-refractivity contribution is 5.83. The van der Waals surface area contributed by atoms with Gasteiger partial charge in [-0.15, -0.1) is 0 Å². The van der Waals surface area contributed by atoms with E-state index in [0.717, 1.165) is 5.56 Å². The molecule has 2 N–H and O–H groups in total. The van der Waals surface area contributed by atoms with Crippen molar-refractivity contribution in [1.82, 2.24) is 5.32 Å². The first-order valence-electron chi connectivity index (χ1n) is 5.64. The van der Waals surface area contributed by atoms with Crippen LogP contribution in [0.3, 0.4) is 0 Å². The summed E-state index contributed by atoms with van der Waals surface area (Å²) in [6, 6.07) is 9.54. The Kier molecular flexibility index (Phi) is 5.66. The number of carbonyl (C=O) groups is 1. The van der Waals surface area contributed by atoms with E-state index in [1.54, 1.807) is 0 Å². The molecule has 0 radical (unpaired) electrons. The zero-order chi connectivity index (χ0) is 12.7. The highest BCUT2D eigenvalue weighted by Gasteiger charge is 2.15. The predicted octanol–water partition coefficient (Wildman–Crippen LogP) is 0.914. The van der Waals surface area contributed by atoms with Crippen LogP contribution in [-0.2, 0) is 9.53 Å². The Bertz CT molecular complexity index is 340. The van der Waals surface area contributed by atoms with Crippen LogP contribution in [0, 0.1) is 0 Å². The lowest BCUT2D eigenvalue weighted by atomic mass is 10.0. The number of ether oxygens (including phenoxy) is 1. The van der Waals surface area contributed by atoms with Gasteiger partial charge in [0, 0.05) is 13.7 Å². The zero-order valence-corrected chi connectivity index (χ0v) is 10.2. The Morgan fingerprint density at radius 1 is 1.41 bits per heavy atom. The second-order valence-corrected chi connectivity index (χ2v) is 3.99. The first kappa shape index (κ1) is 13.7. The fraction of sp³-hybridized carbons (Fsp3) is 0.462. The molecular weight excluding hydrogens is 218 g/mol. The molecule has 2 unspecified atom stereocenters. The normalized spacial score (nSPS) is 14.1. The topological polar surface area (TPSA) is 58.6 Å². The third kappa shape index (κ3) is 4.54. The molecule has 0 aromatic heterocycles. The van der Waals surface area contributed by atoms with Gasteiger partial charge in [0.25, 0.3) is 0 Å². The first-order chi connectivity index (χ1) is 8.15. The summed E-state index contributed by atoms with van der Waals surface area (Å²) in [4.78, 5) is 11.8. The summed E-state index contributed by atoms with van der Waals surface area (Å²) in [5, 5.41) is 12.1. The number of rotatable bonds is 6. The van der Waals surface area contributed by atoms with Crippen molar-refractivity contribution in [2.75, 3.05) is 20.3 Å². The van der Waals surface area contributed by atoms with Gasteiger partial charge >= 0.3 is 0 Å². The molecule has 2 atom stereocenters. The molecule has 4 heteroatoms. The second kappa shape index (κ2) is 7.04. The molecule has 0 saturated carbocycles. The minimum Gasteiger partial charge on any atom is -0.389 e. The molecule has 0 fully saturated rings. The van der Waals surface area contributed by atoms with E-state index in [1.807, 2.05) is 37.3 Å². The highest BCUT2D eigenvalue weighted by atomic mass is 16.5. The van der Waals surface area contributed by atoms with E-state index in [1.165, 1.54) is 7.11 Å². The molecule has 0 aliphatic carbocycles. The van der Waals surface area contributed by atoms with Gasteiger partial charge in [0.15, 0.2) is 0 Å². The van der Waals surface area contributed by atoms with Crippen molar-refractivity contribution in [3.8, 4) is 0 Å². The molecule has 94 valence electrons. The summed E-state index contributed by atoms with van der Waals surface area (Å²) in [6.45, 7) is 2.28. The molecule has 0 saturated heterocycles. The third-order valence-corrected chi connectivity index (χ3v) is 2.56. The molecule has 0 spiro atoms. The van der Waals surface area contributed by atoms with Crippen molar-refractivity contribution >= 4 is 5.91 Å². The molecule has 0 aliphatic heterocycles. The number of nitrogens with one attached hydrogen (secondary N) is 1. The molecule has 1 aromatic carbocycles. The Labute approximate surface area is 102 Å². The van der Waals surface area contributed by atoms with Crippen LogP contribution in [0.5, 0.6) is 0 Å². The van der Waals surface area contributed by atoms with Gasteiger partial charge in [-0.3, -0.25) is 4.79 Å². The van der Waals surface area contributed by atoms with Crippen molar-refractivity contribution < 1.29 is 14.6 Å². The maximum atomic E-state index is 11.8. The lowest BCUT2D eigenvalue weighted by molar-refractivity contribution is -0.122. The largest absolute Gasteiger partial charge is 0.389 e. The van der Waals surface area contributed by atoms with Crippen LogP contribution in [-0.4, -0.2) is 37.4 Å². The summed E-state index contributed by atoms with van der Waals surface area (Å²) in [7, 11) is 1.51. The molecule has 4 nitrogen and oxygen atoms in total. The SMILES string of the molecule is COCC(O)CNC(=O)C(C)c1ccccc1. The van der Waals surface area contributed by atoms with Crippen LogP contribution in [0.4, 0.5) is 0 Å². The van der Waals surface area contributed by atoms with E-state index in [-0.39, 0.29) is 25.0 Å². The Morgan fingerprint density at radius 3 is 2.65 bits per heavy atom. The first-order valence-corrected chi connectivity index (χ1v) is 5.64. The number of methoxy groups -OCH3 is 1. The molecule has 0 bridgehead atoms. The lowest BCUT2D eigenvalue weighted by Crippen LogP contribution is -2.36. The maximum absolute atomic E-state index is 11.8. The van der Waals surface area contributed by atoms with Gasteiger partial charge in [0.05, 0.1) is 18.6 Å². The van der Waals surface area contributed by atoms with E-state index in [2.05, 4.69) is 5.32 Å². The average molecular weight is 237 g/mol. The Morgan fingerprint density at radius 2 is 2.06 bits per heavy atom. The van der Waals surface area contributed by atoms with Gasteiger partial charge in [-0.05, 0) is 12.5 Å². The van der Waals surface area contributed by atoms with E-state index < -0.39 is 6.10 Å². The van der Waals surface area contributed by atoms with Crippen LogP contribution < -0.4 is 5.32 Å². The van der Waals surface area contributed by atoms with Crippen molar-refractivity contribution in [3.63, 3.8) is 0 Å². The van der Waals surface area contributed by atoms with Crippen LogP contribution in [0.2, 0.25) is 0 Å². The fourth-order valence-corrected chi connectivity index (χ4v) is 1.52. The van der Waals surface area contributed by atoms with E-state index in [0.29, 0.717) is 0 Å². The minimum absolute atomic E-state index is 0.0913. The number of aliphatic hydroxyl groups is 1. The molecule has 17 heavy (non-hydrogen) atoms. The van der Waals surface area contributed by atoms with Crippen molar-refractivity contribution in [2.24, 2.45) is 0 Å². The summed E-state index contributed by atoms with van der Waals surface area (Å²) < 4.78 is 4.78. The maximum Gasteiger partial charge on any atom is 0.227 e. The zero-order valence-electron chi connectivity index (χ0n) is 10.2. The molecule has 1 amide bonds. The molecule has 1 rings (SSSR count). The number of hydrogen-bond donors (Lipinski definition) is 2. The van der Waals surface area contributed by atoms with E-state index >= 15 is 0 Å². The smallest absolute Gasteiger partial charge is 0.227 e. The van der Waals surface area contributed by atoms with Gasteiger partial charge in [-0.25, -0.2) is 0 Å². The number of hydrogen-bond acceptors (Lipinski definition) is 3. The van der Waals surface area contributed by atoms with Gasteiger partial charge in [0.1, 0.15) is 0 Å². The molecular formula is C13H19NO3. The van der Waals surface area contributed by atoms with Crippen LogP contribution >= 0.6 is 0 Å². The van der Waals surface area contributed by atoms with Crippen molar-refractivity contribution in [3.05, 3.63) is 35.9 Å². The summed E-state index contributed by atoms with van der Waals surface area (Å²) in [5.74, 6) is -0.308. The van der Waals surface area contributed by atoms with Crippen LogP contribution in [0.1, 0.15) is 18.4 Å². The summed E-state index contributed by atoms with van der Waals surface area (Å²) in [6.07, 6.45) is -0.660. The molecule has 0 aliphatic rings. The minimum atomic E-state index is -0.660. The second-order valence-electron chi connectivity index (χ2n) is 3.99. The van der Waals surface area contributed by atoms with Gasteiger partial charge in [-0.2, -0.15) is 0 Å². The van der Waals surface area contributed by atoms with Crippen molar-refractivity contribution in [2.45, 2.75) is 18.9 Å². The average Bonchev–Trinajstić information content (AvgIpc) is 2.36. The quantitative estimate of drug-likeness (QED) is 0.773. The molecule has 0 heterocycles. The fourth-order valence-electron chi connectivity index (χ4n) is 1.52. The summed E-state index contributed by atoms with van der Waals surface area (Å²) >= 11 is 0. The number of amides is 1. The van der Waals surface area contributed by atoms with Crippen LogP contribution in [0.15, 0.2) is 30.3 Å². The number of carbonyl (C=O) groups excluding carboxylic acids is 1. The number of aliphatic hydroxyl groups excluding tert-OH is 1. The Hall–Kier alpha value is -1.39. The predicted molar refractivity (Wildman–Crippen MR) is 65.7 cm³/mol. The van der Waals surface area contributed by atoms with E-state index in [4.69, 9.17) is 4.74 Å². The van der Waals surface area contributed by atoms with Gasteiger partial charge in [0.2, 0.25) is 5.91 Å². The third-order valence-electron chi connectivity index (χ3n) is 2.56. The van der Waals surface area contributed by atoms with E-state index in [9.17, 15) is 9.90 Å². The van der Waals surface area contributed by atoms with Gasteiger partial charge in [-0.1, -0.05) is 30.3 Å². The van der Waals surface area contributed by atoms with Crippen LogP contribution in [0.25, 0.3) is 0 Å². The Balaban J connectivity index is 2.43. The lowest BCUT2D eigenvalue weighted by Gasteiger charge is -2.15. The highest BCUT2D eigenvalue weighted by Crippen LogP contribution is 2.14. The summed E-state index contributed by atoms with van der Waals surface area (Å²) in [5.41, 5.74) is 0.964. The number of benzene rings is 1. The van der Waals surface area contributed by atoms with Crippen molar-refractivity contribution in [1.29, 1.82) is 0 Å².